The first-order chi connectivity index (χ1) is 6.79. The third-order valence-electron chi connectivity index (χ3n) is 2.37. The predicted octanol–water partition coefficient (Wildman–Crippen LogP) is 2.74. The van der Waals surface area contributed by atoms with Gasteiger partial charge in [-0.15, -0.1) is 0 Å². The lowest BCUT2D eigenvalue weighted by atomic mass is 10.1. The number of pyridine rings is 1. The lowest BCUT2D eigenvalue weighted by Gasteiger charge is -2.27. The van der Waals surface area contributed by atoms with Gasteiger partial charge in [0.2, 0.25) is 0 Å². The molecule has 0 saturated carbocycles. The van der Waals surface area contributed by atoms with Crippen molar-refractivity contribution in [2.45, 2.75) is 25.8 Å². The van der Waals surface area contributed by atoms with Gasteiger partial charge < -0.3 is 10.6 Å². The Kier molecular flexibility index (Phi) is 2.77. The van der Waals surface area contributed by atoms with Gasteiger partial charge in [-0.2, -0.15) is 0 Å². The van der Waals surface area contributed by atoms with E-state index in [-0.39, 0.29) is 0 Å². The van der Waals surface area contributed by atoms with Gasteiger partial charge >= 0.3 is 0 Å². The lowest BCUT2D eigenvalue weighted by molar-refractivity contribution is 0.652. The van der Waals surface area contributed by atoms with E-state index in [0.717, 1.165) is 24.5 Å². The fourth-order valence-corrected chi connectivity index (χ4v) is 1.85. The van der Waals surface area contributed by atoms with Crippen molar-refractivity contribution in [1.29, 1.82) is 0 Å². The number of anilines is 2. The molecule has 3 nitrogen and oxygen atoms in total. The zero-order chi connectivity index (χ0) is 9.97. The van der Waals surface area contributed by atoms with Crippen LogP contribution in [0.4, 0.5) is 11.5 Å². The lowest BCUT2D eigenvalue weighted by Crippen LogP contribution is -2.33. The minimum absolute atomic E-state index is 0.487. The van der Waals surface area contributed by atoms with Crippen molar-refractivity contribution < 1.29 is 0 Å². The van der Waals surface area contributed by atoms with Gasteiger partial charge in [0, 0.05) is 18.8 Å². The van der Waals surface area contributed by atoms with Crippen LogP contribution >= 0.6 is 11.6 Å². The van der Waals surface area contributed by atoms with Crippen LogP contribution in [-0.2, 0) is 0 Å². The van der Waals surface area contributed by atoms with E-state index in [9.17, 15) is 0 Å². The summed E-state index contributed by atoms with van der Waals surface area (Å²) in [4.78, 5) is 4.25. The normalized spacial score (nSPS) is 19.4. The monoisotopic (exact) mass is 211 g/mol. The molecule has 1 unspecified atom stereocenters. The van der Waals surface area contributed by atoms with E-state index in [1.165, 1.54) is 6.42 Å². The highest BCUT2D eigenvalue weighted by Crippen LogP contribution is 2.27. The molecule has 0 amide bonds. The van der Waals surface area contributed by atoms with Gasteiger partial charge in [0.1, 0.15) is 5.82 Å². The van der Waals surface area contributed by atoms with E-state index in [1.807, 2.05) is 6.07 Å². The van der Waals surface area contributed by atoms with Gasteiger partial charge in [-0.25, -0.2) is 4.98 Å². The van der Waals surface area contributed by atoms with Crippen molar-refractivity contribution in [3.05, 3.63) is 17.3 Å². The Labute approximate surface area is 88.9 Å². The van der Waals surface area contributed by atoms with Gasteiger partial charge in [-0.05, 0) is 12.5 Å². The molecule has 0 radical (unpaired) electrons. The van der Waals surface area contributed by atoms with Crippen LogP contribution in [0.15, 0.2) is 12.3 Å². The Balaban J connectivity index is 2.15. The molecule has 2 heterocycles. The summed E-state index contributed by atoms with van der Waals surface area (Å²) in [6.45, 7) is 3.13. The molecule has 0 fully saturated rings. The topological polar surface area (TPSA) is 37.0 Å². The summed E-state index contributed by atoms with van der Waals surface area (Å²) in [5.74, 6) is 0.916. The first kappa shape index (κ1) is 9.59. The second kappa shape index (κ2) is 4.05. The quantitative estimate of drug-likeness (QED) is 0.790. The number of rotatable bonds is 2. The number of hydrogen-bond acceptors (Lipinski definition) is 3. The number of aromatic nitrogens is 1. The van der Waals surface area contributed by atoms with E-state index < -0.39 is 0 Å². The Morgan fingerprint density at radius 2 is 2.50 bits per heavy atom. The van der Waals surface area contributed by atoms with Gasteiger partial charge in [-0.1, -0.05) is 24.9 Å². The molecular formula is C10H14ClN3. The van der Waals surface area contributed by atoms with E-state index in [0.29, 0.717) is 11.1 Å². The van der Waals surface area contributed by atoms with E-state index in [2.05, 4.69) is 22.5 Å². The minimum Gasteiger partial charge on any atom is -0.380 e. The first-order valence-electron chi connectivity index (χ1n) is 4.95. The zero-order valence-corrected chi connectivity index (χ0v) is 8.93. The van der Waals surface area contributed by atoms with Crippen molar-refractivity contribution in [2.75, 3.05) is 17.2 Å². The molecule has 14 heavy (non-hydrogen) atoms. The summed E-state index contributed by atoms with van der Waals surface area (Å²) < 4.78 is 0. The number of nitrogens with one attached hydrogen (secondary N) is 2. The third-order valence-corrected chi connectivity index (χ3v) is 2.58. The van der Waals surface area contributed by atoms with Crippen LogP contribution in [0.1, 0.15) is 19.8 Å². The average molecular weight is 212 g/mol. The molecule has 0 aromatic carbocycles. The number of nitrogens with zero attached hydrogens (tertiary/aromatic N) is 1. The van der Waals surface area contributed by atoms with Crippen molar-refractivity contribution in [3.8, 4) is 0 Å². The Morgan fingerprint density at radius 1 is 1.64 bits per heavy atom. The number of fused-ring (bicyclic) bond motifs is 1. The first-order valence-corrected chi connectivity index (χ1v) is 5.33. The highest BCUT2D eigenvalue weighted by atomic mass is 35.5. The SMILES string of the molecule is CCCC1CNc2cc(Cl)cnc2N1. The van der Waals surface area contributed by atoms with Gasteiger partial charge in [0.15, 0.2) is 0 Å². The molecule has 0 aliphatic carbocycles. The maximum absolute atomic E-state index is 5.84. The fraction of sp³-hybridized carbons (Fsp3) is 0.500. The fourth-order valence-electron chi connectivity index (χ4n) is 1.69. The van der Waals surface area contributed by atoms with Gasteiger partial charge in [0.25, 0.3) is 0 Å². The third kappa shape index (κ3) is 1.93. The van der Waals surface area contributed by atoms with E-state index in [4.69, 9.17) is 11.6 Å². The van der Waals surface area contributed by atoms with Crippen LogP contribution in [0.2, 0.25) is 5.02 Å². The largest absolute Gasteiger partial charge is 0.380 e. The molecule has 0 bridgehead atoms. The summed E-state index contributed by atoms with van der Waals surface area (Å²) >= 11 is 5.84. The van der Waals surface area contributed by atoms with Gasteiger partial charge in [0.05, 0.1) is 10.7 Å². The molecule has 1 aromatic heterocycles. The highest BCUT2D eigenvalue weighted by Gasteiger charge is 2.17. The van der Waals surface area contributed by atoms with Crippen LogP contribution in [0.25, 0.3) is 0 Å². The molecule has 1 aliphatic heterocycles. The summed E-state index contributed by atoms with van der Waals surface area (Å²) in [5, 5.41) is 7.39. The molecule has 1 aliphatic rings. The number of halogens is 1. The highest BCUT2D eigenvalue weighted by molar-refractivity contribution is 6.30. The second-order valence-electron chi connectivity index (χ2n) is 3.56. The summed E-state index contributed by atoms with van der Waals surface area (Å²) in [6.07, 6.45) is 4.02. The molecular weight excluding hydrogens is 198 g/mol. The minimum atomic E-state index is 0.487. The molecule has 0 saturated heterocycles. The van der Waals surface area contributed by atoms with E-state index >= 15 is 0 Å². The molecule has 4 heteroatoms. The van der Waals surface area contributed by atoms with Crippen molar-refractivity contribution >= 4 is 23.1 Å². The Bertz CT molecular complexity index is 327. The summed E-state index contributed by atoms with van der Waals surface area (Å²) in [6, 6.07) is 2.39. The molecule has 76 valence electrons. The maximum atomic E-state index is 5.84. The molecule has 0 spiro atoms. The molecule has 1 aromatic rings. The summed E-state index contributed by atoms with van der Waals surface area (Å²) in [5.41, 5.74) is 1.00. The maximum Gasteiger partial charge on any atom is 0.149 e. The Hall–Kier alpha value is -0.960. The standard InChI is InChI=1S/C10H14ClN3/c1-2-3-8-6-12-9-4-7(11)5-13-10(9)14-8/h4-5,8,12H,2-3,6H2,1H3,(H,13,14). The Morgan fingerprint density at radius 3 is 3.29 bits per heavy atom. The predicted molar refractivity (Wildman–Crippen MR) is 60.1 cm³/mol. The number of hydrogen-bond donors (Lipinski definition) is 2. The van der Waals surface area contributed by atoms with Crippen molar-refractivity contribution in [1.82, 2.24) is 4.98 Å². The van der Waals surface area contributed by atoms with Crippen LogP contribution < -0.4 is 10.6 Å². The molecule has 1 atom stereocenters. The van der Waals surface area contributed by atoms with Crippen LogP contribution in [-0.4, -0.2) is 17.6 Å². The molecule has 2 N–H and O–H groups in total. The van der Waals surface area contributed by atoms with Crippen LogP contribution in [0.5, 0.6) is 0 Å². The van der Waals surface area contributed by atoms with Crippen molar-refractivity contribution in [3.63, 3.8) is 0 Å². The second-order valence-corrected chi connectivity index (χ2v) is 4.00. The average Bonchev–Trinajstić information content (AvgIpc) is 2.19. The van der Waals surface area contributed by atoms with Crippen molar-refractivity contribution in [2.24, 2.45) is 0 Å². The summed E-state index contributed by atoms with van der Waals surface area (Å²) in [7, 11) is 0. The van der Waals surface area contributed by atoms with E-state index in [1.54, 1.807) is 6.20 Å². The molecule has 2 rings (SSSR count). The smallest absolute Gasteiger partial charge is 0.149 e. The van der Waals surface area contributed by atoms with Crippen LogP contribution in [0, 0.1) is 0 Å². The van der Waals surface area contributed by atoms with Gasteiger partial charge in [-0.3, -0.25) is 0 Å². The zero-order valence-electron chi connectivity index (χ0n) is 8.18. The van der Waals surface area contributed by atoms with Crippen LogP contribution in [0.3, 0.4) is 0 Å².